The molecule has 0 aliphatic carbocycles. The van der Waals surface area contributed by atoms with E-state index in [0.29, 0.717) is 5.92 Å². The summed E-state index contributed by atoms with van der Waals surface area (Å²) in [6.07, 6.45) is 2.32. The summed E-state index contributed by atoms with van der Waals surface area (Å²) in [6, 6.07) is 7.74. The fourth-order valence-corrected chi connectivity index (χ4v) is 2.44. The number of hydrogen-bond donors (Lipinski definition) is 1. The van der Waals surface area contributed by atoms with Crippen molar-refractivity contribution in [2.45, 2.75) is 19.8 Å². The fraction of sp³-hybridized carbons (Fsp3) is 0.562. The third-order valence-electron chi connectivity index (χ3n) is 3.88. The van der Waals surface area contributed by atoms with Gasteiger partial charge in [0.1, 0.15) is 5.75 Å². The molecule has 0 spiro atoms. The first-order valence-electron chi connectivity index (χ1n) is 7.29. The number of benzene rings is 1. The normalized spacial score (nSPS) is 16.9. The standard InChI is InChI=1S/C16H24N2O2/c1-13-5-3-4-6-15(13)20-12-16(19)17-11-14-7-9-18(2)10-8-14/h3-6,14H,7-12H2,1-2H3,(H,17,19). The molecule has 2 rings (SSSR count). The minimum Gasteiger partial charge on any atom is -0.484 e. The van der Waals surface area contributed by atoms with Gasteiger partial charge in [0.05, 0.1) is 0 Å². The lowest BCUT2D eigenvalue weighted by molar-refractivity contribution is -0.123. The highest BCUT2D eigenvalue weighted by Crippen LogP contribution is 2.16. The molecule has 0 atom stereocenters. The molecule has 1 aromatic rings. The Balaban J connectivity index is 1.67. The molecule has 1 fully saturated rings. The Bertz CT molecular complexity index is 440. The number of ether oxygens (including phenoxy) is 1. The van der Waals surface area contributed by atoms with Crippen molar-refractivity contribution < 1.29 is 9.53 Å². The molecule has 1 N–H and O–H groups in total. The second kappa shape index (κ2) is 7.29. The van der Waals surface area contributed by atoms with E-state index in [2.05, 4.69) is 17.3 Å². The van der Waals surface area contributed by atoms with Crippen LogP contribution in [0.5, 0.6) is 5.75 Å². The van der Waals surface area contributed by atoms with Crippen LogP contribution in [0.4, 0.5) is 0 Å². The van der Waals surface area contributed by atoms with Crippen LogP contribution in [0.2, 0.25) is 0 Å². The minimum absolute atomic E-state index is 0.0350. The lowest BCUT2D eigenvalue weighted by Crippen LogP contribution is -2.38. The van der Waals surface area contributed by atoms with Crippen molar-refractivity contribution in [2.75, 3.05) is 33.3 Å². The van der Waals surface area contributed by atoms with E-state index in [4.69, 9.17) is 4.74 Å². The van der Waals surface area contributed by atoms with E-state index >= 15 is 0 Å². The summed E-state index contributed by atoms with van der Waals surface area (Å²) in [7, 11) is 2.14. The SMILES string of the molecule is Cc1ccccc1OCC(=O)NCC1CCN(C)CC1. The molecular weight excluding hydrogens is 252 g/mol. The number of rotatable bonds is 5. The first-order valence-corrected chi connectivity index (χ1v) is 7.29. The van der Waals surface area contributed by atoms with Crippen molar-refractivity contribution in [3.8, 4) is 5.75 Å². The Morgan fingerprint density at radius 3 is 2.75 bits per heavy atom. The van der Waals surface area contributed by atoms with Gasteiger partial charge in [0.2, 0.25) is 0 Å². The molecule has 0 radical (unpaired) electrons. The Kier molecular flexibility index (Phi) is 5.41. The summed E-state index contributed by atoms with van der Waals surface area (Å²) in [5.41, 5.74) is 1.05. The maximum absolute atomic E-state index is 11.8. The third-order valence-corrected chi connectivity index (χ3v) is 3.88. The van der Waals surface area contributed by atoms with E-state index in [-0.39, 0.29) is 12.5 Å². The molecule has 4 heteroatoms. The maximum atomic E-state index is 11.8. The van der Waals surface area contributed by atoms with Crippen molar-refractivity contribution in [1.29, 1.82) is 0 Å². The number of carbonyl (C=O) groups is 1. The minimum atomic E-state index is -0.0350. The molecule has 4 nitrogen and oxygen atoms in total. The van der Waals surface area contributed by atoms with Crippen molar-refractivity contribution in [3.05, 3.63) is 29.8 Å². The molecule has 1 amide bonds. The van der Waals surface area contributed by atoms with E-state index in [0.717, 1.165) is 43.8 Å². The van der Waals surface area contributed by atoms with Crippen molar-refractivity contribution in [3.63, 3.8) is 0 Å². The smallest absolute Gasteiger partial charge is 0.257 e. The van der Waals surface area contributed by atoms with Gasteiger partial charge in [0, 0.05) is 6.54 Å². The zero-order valence-electron chi connectivity index (χ0n) is 12.4. The first-order chi connectivity index (χ1) is 9.65. The molecule has 110 valence electrons. The van der Waals surface area contributed by atoms with Gasteiger partial charge in [0.25, 0.3) is 5.91 Å². The highest BCUT2D eigenvalue weighted by atomic mass is 16.5. The number of aryl methyl sites for hydroxylation is 1. The second-order valence-corrected chi connectivity index (χ2v) is 5.60. The van der Waals surface area contributed by atoms with Gasteiger partial charge in [-0.05, 0) is 57.5 Å². The highest BCUT2D eigenvalue weighted by Gasteiger charge is 2.17. The second-order valence-electron chi connectivity index (χ2n) is 5.60. The summed E-state index contributed by atoms with van der Waals surface area (Å²) in [6.45, 7) is 5.09. The van der Waals surface area contributed by atoms with E-state index in [1.54, 1.807) is 0 Å². The van der Waals surface area contributed by atoms with Crippen LogP contribution in [0.15, 0.2) is 24.3 Å². The number of likely N-dealkylation sites (tertiary alicyclic amines) is 1. The molecule has 1 aromatic carbocycles. The van der Waals surface area contributed by atoms with Gasteiger partial charge < -0.3 is 15.0 Å². The molecule has 1 saturated heterocycles. The lowest BCUT2D eigenvalue weighted by atomic mass is 9.97. The van der Waals surface area contributed by atoms with Crippen molar-refractivity contribution >= 4 is 5.91 Å². The quantitative estimate of drug-likeness (QED) is 0.892. The molecule has 20 heavy (non-hydrogen) atoms. The summed E-state index contributed by atoms with van der Waals surface area (Å²) in [4.78, 5) is 14.1. The number of amides is 1. The zero-order chi connectivity index (χ0) is 14.4. The van der Waals surface area contributed by atoms with Crippen LogP contribution in [0.25, 0.3) is 0 Å². The monoisotopic (exact) mass is 276 g/mol. The number of nitrogens with one attached hydrogen (secondary N) is 1. The molecule has 1 heterocycles. The van der Waals surface area contributed by atoms with Gasteiger partial charge in [-0.1, -0.05) is 18.2 Å². The Morgan fingerprint density at radius 1 is 1.35 bits per heavy atom. The maximum Gasteiger partial charge on any atom is 0.257 e. The first kappa shape index (κ1) is 14.9. The number of carbonyl (C=O) groups excluding carboxylic acids is 1. The van der Waals surface area contributed by atoms with Crippen LogP contribution in [-0.4, -0.2) is 44.1 Å². The van der Waals surface area contributed by atoms with Gasteiger partial charge in [0.15, 0.2) is 6.61 Å². The predicted molar refractivity (Wildman–Crippen MR) is 79.9 cm³/mol. The number of hydrogen-bond acceptors (Lipinski definition) is 3. The number of para-hydroxylation sites is 1. The number of nitrogens with zero attached hydrogens (tertiary/aromatic N) is 1. The van der Waals surface area contributed by atoms with E-state index in [1.807, 2.05) is 31.2 Å². The fourth-order valence-electron chi connectivity index (χ4n) is 2.44. The summed E-state index contributed by atoms with van der Waals surface area (Å²) in [5, 5.41) is 2.97. The largest absolute Gasteiger partial charge is 0.484 e. The van der Waals surface area contributed by atoms with E-state index in [9.17, 15) is 4.79 Å². The lowest BCUT2D eigenvalue weighted by Gasteiger charge is -2.28. The average Bonchev–Trinajstić information content (AvgIpc) is 2.46. The van der Waals surface area contributed by atoms with Crippen molar-refractivity contribution in [2.24, 2.45) is 5.92 Å². The van der Waals surface area contributed by atoms with Crippen LogP contribution < -0.4 is 10.1 Å². The molecule has 0 saturated carbocycles. The Morgan fingerprint density at radius 2 is 2.05 bits per heavy atom. The van der Waals surface area contributed by atoms with E-state index < -0.39 is 0 Å². The molecular formula is C16H24N2O2. The van der Waals surface area contributed by atoms with Crippen LogP contribution in [0.1, 0.15) is 18.4 Å². The summed E-state index contributed by atoms with van der Waals surface area (Å²) in [5.74, 6) is 1.35. The average molecular weight is 276 g/mol. The van der Waals surface area contributed by atoms with Gasteiger partial charge in [-0.3, -0.25) is 4.79 Å². The zero-order valence-corrected chi connectivity index (χ0v) is 12.4. The molecule has 0 bridgehead atoms. The molecule has 0 aromatic heterocycles. The van der Waals surface area contributed by atoms with Crippen LogP contribution in [0.3, 0.4) is 0 Å². The number of piperidine rings is 1. The molecule has 0 unspecified atom stereocenters. The Hall–Kier alpha value is -1.55. The summed E-state index contributed by atoms with van der Waals surface area (Å²) >= 11 is 0. The molecule has 1 aliphatic heterocycles. The van der Waals surface area contributed by atoms with Crippen LogP contribution in [0, 0.1) is 12.8 Å². The van der Waals surface area contributed by atoms with Gasteiger partial charge in [-0.25, -0.2) is 0 Å². The summed E-state index contributed by atoms with van der Waals surface area (Å²) < 4.78 is 5.54. The molecule has 1 aliphatic rings. The highest BCUT2D eigenvalue weighted by molar-refractivity contribution is 5.77. The van der Waals surface area contributed by atoms with E-state index in [1.165, 1.54) is 0 Å². The topological polar surface area (TPSA) is 41.6 Å². The van der Waals surface area contributed by atoms with Gasteiger partial charge in [-0.15, -0.1) is 0 Å². The van der Waals surface area contributed by atoms with Crippen LogP contribution in [-0.2, 0) is 4.79 Å². The van der Waals surface area contributed by atoms with Crippen LogP contribution >= 0.6 is 0 Å². The van der Waals surface area contributed by atoms with Gasteiger partial charge in [-0.2, -0.15) is 0 Å². The Labute approximate surface area is 121 Å². The predicted octanol–water partition coefficient (Wildman–Crippen LogP) is 1.83. The third kappa shape index (κ3) is 4.53. The van der Waals surface area contributed by atoms with Gasteiger partial charge >= 0.3 is 0 Å². The van der Waals surface area contributed by atoms with Crippen molar-refractivity contribution in [1.82, 2.24) is 10.2 Å².